The number of rotatable bonds is 1. The van der Waals surface area contributed by atoms with E-state index in [0.29, 0.717) is 6.04 Å². The number of amides is 1. The normalized spacial score (nSPS) is 33.5. The molecule has 4 nitrogen and oxygen atoms in total. The van der Waals surface area contributed by atoms with Gasteiger partial charge in [-0.1, -0.05) is 0 Å². The van der Waals surface area contributed by atoms with Crippen LogP contribution in [0.25, 0.3) is 0 Å². The number of carbonyl (C=O) groups excluding carboxylic acids is 1. The molecule has 0 aliphatic carbocycles. The van der Waals surface area contributed by atoms with Gasteiger partial charge in [0.05, 0.1) is 5.66 Å². The number of nitrogens with zero attached hydrogens (tertiary/aromatic N) is 1. The summed E-state index contributed by atoms with van der Waals surface area (Å²) in [6, 6.07) is 0.638. The molecule has 0 aromatic carbocycles. The first-order valence-electron chi connectivity index (χ1n) is 6.56. The van der Waals surface area contributed by atoms with E-state index in [1.807, 2.05) is 20.8 Å². The molecule has 1 amide bonds. The van der Waals surface area contributed by atoms with E-state index >= 15 is 0 Å². The van der Waals surface area contributed by atoms with Gasteiger partial charge in [-0.05, 0) is 59.9 Å². The maximum atomic E-state index is 11.9. The second-order valence-electron chi connectivity index (χ2n) is 6.35. The van der Waals surface area contributed by atoms with Crippen molar-refractivity contribution in [2.24, 2.45) is 0 Å². The van der Waals surface area contributed by atoms with Gasteiger partial charge < -0.3 is 10.1 Å². The maximum Gasteiger partial charge on any atom is 0.409 e. The molecule has 0 aromatic rings. The summed E-state index contributed by atoms with van der Waals surface area (Å²) in [5.41, 5.74) is -0.572. The van der Waals surface area contributed by atoms with Crippen LogP contribution in [0.4, 0.5) is 4.79 Å². The van der Waals surface area contributed by atoms with Gasteiger partial charge in [-0.15, -0.1) is 0 Å². The zero-order chi connectivity index (χ0) is 12.7. The lowest BCUT2D eigenvalue weighted by Gasteiger charge is -2.43. The summed E-state index contributed by atoms with van der Waals surface area (Å²) >= 11 is 0. The molecule has 0 radical (unpaired) electrons. The Bertz CT molecular complexity index is 307. The van der Waals surface area contributed by atoms with Gasteiger partial charge in [-0.2, -0.15) is 0 Å². The fourth-order valence-corrected chi connectivity index (χ4v) is 3.10. The highest BCUT2D eigenvalue weighted by molar-refractivity contribution is 5.68. The Morgan fingerprint density at radius 3 is 2.71 bits per heavy atom. The second kappa shape index (κ2) is 4.16. The molecule has 0 unspecified atom stereocenters. The molecule has 2 heterocycles. The maximum absolute atomic E-state index is 11.9. The molecule has 2 rings (SSSR count). The minimum Gasteiger partial charge on any atom is -0.444 e. The average Bonchev–Trinajstić information content (AvgIpc) is 2.38. The molecule has 2 saturated heterocycles. The van der Waals surface area contributed by atoms with Crippen LogP contribution >= 0.6 is 0 Å². The van der Waals surface area contributed by atoms with Crippen LogP contribution in [0.2, 0.25) is 0 Å². The van der Waals surface area contributed by atoms with Gasteiger partial charge in [-0.3, -0.25) is 4.90 Å². The highest BCUT2D eigenvalue weighted by Crippen LogP contribution is 2.41. The molecular formula is C13H24N2O2. The van der Waals surface area contributed by atoms with E-state index in [1.54, 1.807) is 0 Å². The van der Waals surface area contributed by atoms with Crippen LogP contribution in [-0.2, 0) is 4.74 Å². The first kappa shape index (κ1) is 12.7. The van der Waals surface area contributed by atoms with E-state index in [0.717, 1.165) is 12.8 Å². The Balaban J connectivity index is 2.00. The van der Waals surface area contributed by atoms with Gasteiger partial charge in [0.2, 0.25) is 0 Å². The highest BCUT2D eigenvalue weighted by atomic mass is 16.6. The number of piperidine rings is 1. The Morgan fingerprint density at radius 1 is 1.35 bits per heavy atom. The van der Waals surface area contributed by atoms with Crippen LogP contribution in [-0.4, -0.2) is 35.3 Å². The topological polar surface area (TPSA) is 41.6 Å². The molecule has 2 fully saturated rings. The van der Waals surface area contributed by atoms with Crippen LogP contribution < -0.4 is 5.32 Å². The van der Waals surface area contributed by atoms with Crippen molar-refractivity contribution in [3.63, 3.8) is 0 Å². The SMILES string of the molecule is CN1[C@H]2CCC[C@]1(NC(=O)OC(C)(C)C)CC2. The number of alkyl carbamates (subject to hydrolysis) is 1. The molecule has 0 saturated carbocycles. The fourth-order valence-electron chi connectivity index (χ4n) is 3.10. The van der Waals surface area contributed by atoms with Crippen LogP contribution in [0.3, 0.4) is 0 Å². The molecule has 4 heteroatoms. The molecule has 2 bridgehead atoms. The van der Waals surface area contributed by atoms with Crippen molar-refractivity contribution in [2.45, 2.75) is 70.2 Å². The van der Waals surface area contributed by atoms with Crippen molar-refractivity contribution in [1.82, 2.24) is 10.2 Å². The summed E-state index contributed by atoms with van der Waals surface area (Å²) in [5, 5.41) is 3.09. The molecule has 17 heavy (non-hydrogen) atoms. The molecule has 2 atom stereocenters. The summed E-state index contributed by atoms with van der Waals surface area (Å²) in [6.45, 7) is 5.69. The third-order valence-electron chi connectivity index (χ3n) is 3.98. The van der Waals surface area contributed by atoms with Crippen LogP contribution in [0.5, 0.6) is 0 Å². The van der Waals surface area contributed by atoms with Gasteiger partial charge in [0, 0.05) is 6.04 Å². The van der Waals surface area contributed by atoms with E-state index < -0.39 is 5.60 Å². The summed E-state index contributed by atoms with van der Waals surface area (Å²) in [6.07, 6.45) is 5.45. The Kier molecular flexibility index (Phi) is 3.10. The minimum atomic E-state index is -0.425. The fraction of sp³-hybridized carbons (Fsp3) is 0.923. The highest BCUT2D eigenvalue weighted by Gasteiger charge is 2.48. The third kappa shape index (κ3) is 2.57. The molecule has 2 aliphatic heterocycles. The summed E-state index contributed by atoms with van der Waals surface area (Å²) < 4.78 is 5.36. The largest absolute Gasteiger partial charge is 0.444 e. The predicted octanol–water partition coefficient (Wildman–Crippen LogP) is 2.49. The van der Waals surface area contributed by atoms with Gasteiger partial charge in [0.1, 0.15) is 5.60 Å². The first-order valence-corrected chi connectivity index (χ1v) is 6.56. The van der Waals surface area contributed by atoms with Crippen molar-refractivity contribution < 1.29 is 9.53 Å². The minimum absolute atomic E-state index is 0.148. The molecule has 1 N–H and O–H groups in total. The van der Waals surface area contributed by atoms with E-state index in [1.165, 1.54) is 19.3 Å². The summed E-state index contributed by atoms with van der Waals surface area (Å²) in [7, 11) is 2.12. The molecule has 0 spiro atoms. The lowest BCUT2D eigenvalue weighted by atomic mass is 9.98. The van der Waals surface area contributed by atoms with E-state index in [4.69, 9.17) is 4.74 Å². The molecule has 0 aromatic heterocycles. The van der Waals surface area contributed by atoms with Crippen LogP contribution in [0, 0.1) is 0 Å². The van der Waals surface area contributed by atoms with Crippen molar-refractivity contribution in [3.05, 3.63) is 0 Å². The van der Waals surface area contributed by atoms with Crippen molar-refractivity contribution >= 4 is 6.09 Å². The Labute approximate surface area is 104 Å². The number of fused-ring (bicyclic) bond motifs is 2. The number of ether oxygens (including phenoxy) is 1. The van der Waals surface area contributed by atoms with Crippen molar-refractivity contribution in [1.29, 1.82) is 0 Å². The summed E-state index contributed by atoms with van der Waals surface area (Å²) in [5.74, 6) is 0. The van der Waals surface area contributed by atoms with Gasteiger partial charge in [0.15, 0.2) is 0 Å². The smallest absolute Gasteiger partial charge is 0.409 e. The molecule has 98 valence electrons. The third-order valence-corrected chi connectivity index (χ3v) is 3.98. The molecular weight excluding hydrogens is 216 g/mol. The number of hydrogen-bond acceptors (Lipinski definition) is 3. The van der Waals surface area contributed by atoms with Crippen molar-refractivity contribution in [3.8, 4) is 0 Å². The van der Waals surface area contributed by atoms with Crippen molar-refractivity contribution in [2.75, 3.05) is 7.05 Å². The average molecular weight is 240 g/mol. The lowest BCUT2D eigenvalue weighted by molar-refractivity contribution is 0.0138. The van der Waals surface area contributed by atoms with E-state index in [9.17, 15) is 4.79 Å². The van der Waals surface area contributed by atoms with E-state index in [-0.39, 0.29) is 11.8 Å². The number of nitrogens with one attached hydrogen (secondary N) is 1. The molecule has 2 aliphatic rings. The van der Waals surface area contributed by atoms with Gasteiger partial charge in [-0.25, -0.2) is 4.79 Å². The predicted molar refractivity (Wildman–Crippen MR) is 66.7 cm³/mol. The number of carbonyl (C=O) groups is 1. The first-order chi connectivity index (χ1) is 7.82. The van der Waals surface area contributed by atoms with E-state index in [2.05, 4.69) is 17.3 Å². The Morgan fingerprint density at radius 2 is 2.06 bits per heavy atom. The lowest BCUT2D eigenvalue weighted by Crippen LogP contribution is -2.59. The zero-order valence-corrected chi connectivity index (χ0v) is 11.4. The standard InChI is InChI=1S/C13H24N2O2/c1-12(2,3)17-11(16)14-13-8-5-6-10(7-9-13)15(13)4/h10H,5-9H2,1-4H3,(H,14,16)/t10-,13+/m0/s1. The quantitative estimate of drug-likeness (QED) is 0.765. The van der Waals surface area contributed by atoms with Gasteiger partial charge in [0.25, 0.3) is 0 Å². The van der Waals surface area contributed by atoms with Crippen LogP contribution in [0.1, 0.15) is 52.9 Å². The van der Waals surface area contributed by atoms with Crippen LogP contribution in [0.15, 0.2) is 0 Å². The Hall–Kier alpha value is -0.770. The summed E-state index contributed by atoms with van der Waals surface area (Å²) in [4.78, 5) is 14.2. The second-order valence-corrected chi connectivity index (χ2v) is 6.35. The number of hydrogen-bond donors (Lipinski definition) is 1. The zero-order valence-electron chi connectivity index (χ0n) is 11.4. The van der Waals surface area contributed by atoms with Gasteiger partial charge >= 0.3 is 6.09 Å². The monoisotopic (exact) mass is 240 g/mol.